The van der Waals surface area contributed by atoms with E-state index in [4.69, 9.17) is 11.6 Å². The van der Waals surface area contributed by atoms with Crippen LogP contribution in [-0.4, -0.2) is 9.97 Å². The van der Waals surface area contributed by atoms with Gasteiger partial charge in [-0.15, -0.1) is 0 Å². The predicted molar refractivity (Wildman–Crippen MR) is 74.3 cm³/mol. The van der Waals surface area contributed by atoms with Gasteiger partial charge in [-0.3, -0.25) is 4.98 Å². The lowest BCUT2D eigenvalue weighted by Crippen LogP contribution is -1.93. The van der Waals surface area contributed by atoms with E-state index in [-0.39, 0.29) is 0 Å². The number of rotatable bonds is 2. The van der Waals surface area contributed by atoms with Gasteiger partial charge in [0.05, 0.1) is 5.52 Å². The van der Waals surface area contributed by atoms with Crippen LogP contribution >= 0.6 is 11.6 Å². The van der Waals surface area contributed by atoms with E-state index >= 15 is 0 Å². The summed E-state index contributed by atoms with van der Waals surface area (Å²) in [5, 5.41) is 4.78. The molecular weight excluding hydrogens is 246 g/mol. The average Bonchev–Trinajstić information content (AvgIpc) is 2.39. The van der Waals surface area contributed by atoms with Crippen molar-refractivity contribution in [2.75, 3.05) is 5.32 Å². The lowest BCUT2D eigenvalue weighted by Gasteiger charge is -2.06. The van der Waals surface area contributed by atoms with Crippen LogP contribution in [-0.2, 0) is 0 Å². The largest absolute Gasteiger partial charge is 0.340 e. The number of anilines is 2. The summed E-state index contributed by atoms with van der Waals surface area (Å²) in [6.07, 6.45) is 1.79. The van der Waals surface area contributed by atoms with E-state index in [2.05, 4.69) is 15.3 Å². The molecular formula is C14H10ClN3. The fourth-order valence-electron chi connectivity index (χ4n) is 1.78. The number of nitrogens with one attached hydrogen (secondary N) is 1. The van der Waals surface area contributed by atoms with E-state index in [0.717, 1.165) is 22.4 Å². The van der Waals surface area contributed by atoms with Gasteiger partial charge in [0.15, 0.2) is 0 Å². The standard InChI is InChI=1S/C14H10ClN3/c15-13-4-1-5-14(18-13)17-11-6-7-12-10(9-11)3-2-8-16-12/h1-9H,(H,17,18). The van der Waals surface area contributed by atoms with E-state index in [1.165, 1.54) is 0 Å². The second kappa shape index (κ2) is 4.63. The number of nitrogens with zero attached hydrogens (tertiary/aromatic N) is 2. The molecule has 0 radical (unpaired) electrons. The molecule has 0 aliphatic heterocycles. The van der Waals surface area contributed by atoms with Crippen LogP contribution in [0.15, 0.2) is 54.7 Å². The molecule has 18 heavy (non-hydrogen) atoms. The Morgan fingerprint density at radius 1 is 1.00 bits per heavy atom. The molecule has 0 amide bonds. The van der Waals surface area contributed by atoms with Crippen LogP contribution in [0.2, 0.25) is 5.15 Å². The van der Waals surface area contributed by atoms with Crippen molar-refractivity contribution in [1.29, 1.82) is 0 Å². The highest BCUT2D eigenvalue weighted by Gasteiger charge is 1.99. The van der Waals surface area contributed by atoms with Crippen LogP contribution in [0, 0.1) is 0 Å². The second-order valence-corrected chi connectivity index (χ2v) is 4.27. The molecule has 1 N–H and O–H groups in total. The summed E-state index contributed by atoms with van der Waals surface area (Å²) < 4.78 is 0. The number of aromatic nitrogens is 2. The third-order valence-electron chi connectivity index (χ3n) is 2.59. The van der Waals surface area contributed by atoms with Crippen molar-refractivity contribution < 1.29 is 0 Å². The third-order valence-corrected chi connectivity index (χ3v) is 2.80. The van der Waals surface area contributed by atoms with E-state index in [0.29, 0.717) is 5.15 Å². The summed E-state index contributed by atoms with van der Waals surface area (Å²) in [4.78, 5) is 8.47. The minimum absolute atomic E-state index is 0.474. The van der Waals surface area contributed by atoms with Crippen LogP contribution in [0.3, 0.4) is 0 Å². The summed E-state index contributed by atoms with van der Waals surface area (Å²) in [5.74, 6) is 0.728. The van der Waals surface area contributed by atoms with Gasteiger partial charge in [0.25, 0.3) is 0 Å². The molecule has 3 rings (SSSR count). The lowest BCUT2D eigenvalue weighted by molar-refractivity contribution is 1.31. The summed E-state index contributed by atoms with van der Waals surface area (Å²) in [7, 11) is 0. The van der Waals surface area contributed by atoms with Crippen molar-refractivity contribution in [1.82, 2.24) is 9.97 Å². The first kappa shape index (κ1) is 11.0. The molecule has 4 heteroatoms. The fourth-order valence-corrected chi connectivity index (χ4v) is 1.94. The Morgan fingerprint density at radius 3 is 2.83 bits per heavy atom. The minimum atomic E-state index is 0.474. The van der Waals surface area contributed by atoms with Gasteiger partial charge >= 0.3 is 0 Å². The number of benzene rings is 1. The summed E-state index contributed by atoms with van der Waals surface area (Å²) in [6.45, 7) is 0. The topological polar surface area (TPSA) is 37.8 Å². The lowest BCUT2D eigenvalue weighted by atomic mass is 10.2. The number of halogens is 1. The zero-order chi connectivity index (χ0) is 12.4. The first-order chi connectivity index (χ1) is 8.81. The monoisotopic (exact) mass is 255 g/mol. The minimum Gasteiger partial charge on any atom is -0.340 e. The zero-order valence-corrected chi connectivity index (χ0v) is 10.2. The molecule has 0 spiro atoms. The highest BCUT2D eigenvalue weighted by atomic mass is 35.5. The number of hydrogen-bond acceptors (Lipinski definition) is 3. The molecule has 0 saturated heterocycles. The smallest absolute Gasteiger partial charge is 0.132 e. The Bertz CT molecular complexity index is 697. The number of pyridine rings is 2. The van der Waals surface area contributed by atoms with Gasteiger partial charge in [-0.05, 0) is 36.4 Å². The fraction of sp³-hybridized carbons (Fsp3) is 0. The Labute approximate surface area is 109 Å². The summed E-state index contributed by atoms with van der Waals surface area (Å²) in [6, 6.07) is 15.4. The maximum Gasteiger partial charge on any atom is 0.132 e. The van der Waals surface area contributed by atoms with Crippen molar-refractivity contribution in [3.05, 3.63) is 59.9 Å². The normalized spacial score (nSPS) is 10.5. The van der Waals surface area contributed by atoms with Gasteiger partial charge in [-0.2, -0.15) is 0 Å². The zero-order valence-electron chi connectivity index (χ0n) is 9.47. The van der Waals surface area contributed by atoms with Crippen molar-refractivity contribution in [3.8, 4) is 0 Å². The number of hydrogen-bond donors (Lipinski definition) is 1. The van der Waals surface area contributed by atoms with E-state index in [9.17, 15) is 0 Å². The Balaban J connectivity index is 1.95. The van der Waals surface area contributed by atoms with Crippen LogP contribution < -0.4 is 5.32 Å². The van der Waals surface area contributed by atoms with Crippen LogP contribution in [0.1, 0.15) is 0 Å². The first-order valence-electron chi connectivity index (χ1n) is 5.56. The Hall–Kier alpha value is -2.13. The molecule has 0 saturated carbocycles. The SMILES string of the molecule is Clc1cccc(Nc2ccc3ncccc3c2)n1. The molecule has 0 atom stereocenters. The van der Waals surface area contributed by atoms with Crippen molar-refractivity contribution in [2.24, 2.45) is 0 Å². The maximum absolute atomic E-state index is 5.85. The second-order valence-electron chi connectivity index (χ2n) is 3.88. The predicted octanol–water partition coefficient (Wildman–Crippen LogP) is 4.03. The van der Waals surface area contributed by atoms with E-state index < -0.39 is 0 Å². The van der Waals surface area contributed by atoms with Crippen molar-refractivity contribution >= 4 is 34.0 Å². The van der Waals surface area contributed by atoms with Gasteiger partial charge in [0.1, 0.15) is 11.0 Å². The molecule has 0 aliphatic rings. The van der Waals surface area contributed by atoms with Crippen LogP contribution in [0.25, 0.3) is 10.9 Å². The number of fused-ring (bicyclic) bond motifs is 1. The Morgan fingerprint density at radius 2 is 1.94 bits per heavy atom. The molecule has 0 bridgehead atoms. The van der Waals surface area contributed by atoms with Gasteiger partial charge in [-0.1, -0.05) is 23.7 Å². The molecule has 1 aromatic carbocycles. The van der Waals surface area contributed by atoms with E-state index in [1.807, 2.05) is 42.5 Å². The van der Waals surface area contributed by atoms with E-state index in [1.54, 1.807) is 12.3 Å². The molecule has 0 fully saturated rings. The van der Waals surface area contributed by atoms with Crippen molar-refractivity contribution in [3.63, 3.8) is 0 Å². The Kier molecular flexibility index (Phi) is 2.82. The molecule has 88 valence electrons. The summed E-state index contributed by atoms with van der Waals surface area (Å²) in [5.41, 5.74) is 1.94. The quantitative estimate of drug-likeness (QED) is 0.703. The van der Waals surface area contributed by atoms with Crippen LogP contribution in [0.4, 0.5) is 11.5 Å². The molecule has 3 nitrogen and oxygen atoms in total. The van der Waals surface area contributed by atoms with Gasteiger partial charge in [0, 0.05) is 17.3 Å². The molecule has 2 aromatic heterocycles. The van der Waals surface area contributed by atoms with Gasteiger partial charge < -0.3 is 5.32 Å². The molecule has 3 aromatic rings. The van der Waals surface area contributed by atoms with Crippen LogP contribution in [0.5, 0.6) is 0 Å². The summed E-state index contributed by atoms with van der Waals surface area (Å²) >= 11 is 5.85. The molecule has 0 unspecified atom stereocenters. The first-order valence-corrected chi connectivity index (χ1v) is 5.93. The van der Waals surface area contributed by atoms with Gasteiger partial charge in [0.2, 0.25) is 0 Å². The highest BCUT2D eigenvalue weighted by molar-refractivity contribution is 6.29. The third kappa shape index (κ3) is 2.26. The van der Waals surface area contributed by atoms with Gasteiger partial charge in [-0.25, -0.2) is 4.98 Å². The molecule has 0 aliphatic carbocycles. The van der Waals surface area contributed by atoms with Crippen molar-refractivity contribution in [2.45, 2.75) is 0 Å². The highest BCUT2D eigenvalue weighted by Crippen LogP contribution is 2.20. The maximum atomic E-state index is 5.85. The average molecular weight is 256 g/mol. The molecule has 2 heterocycles.